The predicted molar refractivity (Wildman–Crippen MR) is 47.7 cm³/mol. The second-order valence-corrected chi connectivity index (χ2v) is 1.69. The van der Waals surface area contributed by atoms with Gasteiger partial charge in [-0.05, 0) is 6.08 Å². The number of hydrogen-bond acceptors (Lipinski definition) is 3. The molecule has 0 unspecified atom stereocenters. The molecule has 0 aliphatic heterocycles. The minimum Gasteiger partial charge on any atom is -0.377 e. The van der Waals surface area contributed by atoms with Crippen LogP contribution in [-0.4, -0.2) is 10.9 Å². The SMILES string of the molecule is C=CC(=N)c1cc(=O)[nH]o1.CC. The molecule has 1 aromatic heterocycles. The molecule has 1 aromatic rings. The molecule has 0 radical (unpaired) electrons. The summed E-state index contributed by atoms with van der Waals surface area (Å²) >= 11 is 0. The van der Waals surface area contributed by atoms with Gasteiger partial charge in [-0.2, -0.15) is 5.16 Å². The summed E-state index contributed by atoms with van der Waals surface area (Å²) < 4.78 is 4.58. The van der Waals surface area contributed by atoms with Crippen molar-refractivity contribution in [3.05, 3.63) is 34.8 Å². The first-order valence-electron chi connectivity index (χ1n) is 3.64. The highest BCUT2D eigenvalue weighted by Gasteiger charge is 2.00. The lowest BCUT2D eigenvalue weighted by Gasteiger charge is -1.84. The van der Waals surface area contributed by atoms with Gasteiger partial charge < -0.3 is 4.52 Å². The molecule has 1 rings (SSSR count). The van der Waals surface area contributed by atoms with E-state index in [1.54, 1.807) is 0 Å². The summed E-state index contributed by atoms with van der Waals surface area (Å²) in [7, 11) is 0. The summed E-state index contributed by atoms with van der Waals surface area (Å²) in [6.45, 7) is 7.35. The number of allylic oxidation sites excluding steroid dienone is 1. The number of H-pyrrole nitrogens is 1. The van der Waals surface area contributed by atoms with E-state index in [1.807, 2.05) is 13.8 Å². The summed E-state index contributed by atoms with van der Waals surface area (Å²) in [5, 5.41) is 9.19. The Balaban J connectivity index is 0.000000561. The van der Waals surface area contributed by atoms with Gasteiger partial charge in [-0.3, -0.25) is 10.2 Å². The molecule has 2 N–H and O–H groups in total. The molecule has 4 nitrogen and oxygen atoms in total. The number of aromatic amines is 1. The van der Waals surface area contributed by atoms with Gasteiger partial charge in [0.15, 0.2) is 5.76 Å². The Hall–Kier alpha value is -1.58. The van der Waals surface area contributed by atoms with Gasteiger partial charge >= 0.3 is 0 Å². The maximum Gasteiger partial charge on any atom is 0.280 e. The summed E-state index contributed by atoms with van der Waals surface area (Å²) in [5.41, 5.74) is -0.250. The summed E-state index contributed by atoms with van der Waals surface area (Å²) in [6, 6.07) is 1.20. The number of aromatic nitrogens is 1. The molecule has 12 heavy (non-hydrogen) atoms. The third kappa shape index (κ3) is 2.57. The number of hydrogen-bond donors (Lipinski definition) is 2. The largest absolute Gasteiger partial charge is 0.377 e. The second kappa shape index (κ2) is 5.12. The fraction of sp³-hybridized carbons (Fsp3) is 0.250. The molecule has 0 fully saturated rings. The average molecular weight is 168 g/mol. The molecule has 0 aromatic carbocycles. The van der Waals surface area contributed by atoms with E-state index in [2.05, 4.69) is 16.3 Å². The molecule has 66 valence electrons. The Morgan fingerprint density at radius 2 is 2.33 bits per heavy atom. The summed E-state index contributed by atoms with van der Waals surface area (Å²) in [6.07, 6.45) is 1.30. The molecule has 0 spiro atoms. The standard InChI is InChI=1S/C6H6N2O2.C2H6/c1-2-4(7)5-3-6(9)8-10-5;1-2/h2-3,7H,1H2,(H,8,9);1-2H3. The van der Waals surface area contributed by atoms with Crippen molar-refractivity contribution >= 4 is 5.71 Å². The van der Waals surface area contributed by atoms with E-state index in [4.69, 9.17) is 5.41 Å². The van der Waals surface area contributed by atoms with E-state index in [0.717, 1.165) is 0 Å². The molecule has 4 heteroatoms. The van der Waals surface area contributed by atoms with Crippen LogP contribution in [0.25, 0.3) is 0 Å². The molecule has 0 atom stereocenters. The van der Waals surface area contributed by atoms with Crippen LogP contribution in [0.2, 0.25) is 0 Å². The molecule has 0 amide bonds. The van der Waals surface area contributed by atoms with Crippen molar-refractivity contribution in [2.24, 2.45) is 0 Å². The van der Waals surface area contributed by atoms with Gasteiger partial charge in [0.1, 0.15) is 0 Å². The second-order valence-electron chi connectivity index (χ2n) is 1.69. The fourth-order valence-electron chi connectivity index (χ4n) is 0.517. The van der Waals surface area contributed by atoms with Crippen molar-refractivity contribution in [1.29, 1.82) is 5.41 Å². The van der Waals surface area contributed by atoms with Crippen LogP contribution in [0.5, 0.6) is 0 Å². The van der Waals surface area contributed by atoms with E-state index in [9.17, 15) is 4.79 Å². The van der Waals surface area contributed by atoms with Crippen molar-refractivity contribution < 1.29 is 4.52 Å². The van der Waals surface area contributed by atoms with Gasteiger partial charge in [0.05, 0.1) is 11.8 Å². The van der Waals surface area contributed by atoms with E-state index in [0.29, 0.717) is 0 Å². The smallest absolute Gasteiger partial charge is 0.280 e. The van der Waals surface area contributed by atoms with Crippen LogP contribution in [0, 0.1) is 5.41 Å². The minimum absolute atomic E-state index is 0.0957. The van der Waals surface area contributed by atoms with Crippen LogP contribution < -0.4 is 5.56 Å². The van der Waals surface area contributed by atoms with Gasteiger partial charge in [-0.25, -0.2) is 0 Å². The predicted octanol–water partition coefficient (Wildman–Crippen LogP) is 1.55. The molecule has 0 aliphatic carbocycles. The zero-order valence-electron chi connectivity index (χ0n) is 7.18. The van der Waals surface area contributed by atoms with Crippen LogP contribution in [-0.2, 0) is 0 Å². The van der Waals surface area contributed by atoms with Crippen molar-refractivity contribution in [2.45, 2.75) is 13.8 Å². The normalized spacial score (nSPS) is 8.17. The van der Waals surface area contributed by atoms with Crippen molar-refractivity contribution in [2.75, 3.05) is 0 Å². The molecular formula is C8H12N2O2. The Bertz CT molecular complexity index is 309. The molecule has 0 bridgehead atoms. The first-order chi connectivity index (χ1) is 5.74. The third-order valence-electron chi connectivity index (χ3n) is 0.993. The van der Waals surface area contributed by atoms with Gasteiger partial charge in [-0.15, -0.1) is 0 Å². The summed E-state index contributed by atoms with van der Waals surface area (Å²) in [4.78, 5) is 10.4. The van der Waals surface area contributed by atoms with Gasteiger partial charge in [0, 0.05) is 0 Å². The molecule has 0 aliphatic rings. The van der Waals surface area contributed by atoms with Gasteiger partial charge in [0.2, 0.25) is 0 Å². The third-order valence-corrected chi connectivity index (χ3v) is 0.993. The van der Waals surface area contributed by atoms with Gasteiger partial charge in [0.25, 0.3) is 5.56 Å². The zero-order valence-corrected chi connectivity index (χ0v) is 7.18. The fourth-order valence-corrected chi connectivity index (χ4v) is 0.517. The average Bonchev–Trinajstić information content (AvgIpc) is 2.54. The van der Waals surface area contributed by atoms with E-state index in [1.165, 1.54) is 12.1 Å². The maximum atomic E-state index is 10.4. The lowest BCUT2D eigenvalue weighted by molar-refractivity contribution is 0.407. The lowest BCUT2D eigenvalue weighted by atomic mass is 10.3. The van der Waals surface area contributed by atoms with Crippen LogP contribution in [0.3, 0.4) is 0 Å². The Morgan fingerprint density at radius 3 is 2.67 bits per heavy atom. The molecule has 0 saturated heterocycles. The highest BCUT2D eigenvalue weighted by atomic mass is 16.5. The number of nitrogens with one attached hydrogen (secondary N) is 2. The first-order valence-corrected chi connectivity index (χ1v) is 3.64. The van der Waals surface area contributed by atoms with Crippen LogP contribution >= 0.6 is 0 Å². The van der Waals surface area contributed by atoms with Crippen LogP contribution in [0.4, 0.5) is 0 Å². The van der Waals surface area contributed by atoms with Crippen LogP contribution in [0.15, 0.2) is 28.0 Å². The number of rotatable bonds is 2. The summed E-state index contributed by atoms with van der Waals surface area (Å²) in [5.74, 6) is 0.208. The monoisotopic (exact) mass is 168 g/mol. The maximum absolute atomic E-state index is 10.4. The van der Waals surface area contributed by atoms with Crippen molar-refractivity contribution in [3.8, 4) is 0 Å². The molecule has 0 saturated carbocycles. The van der Waals surface area contributed by atoms with E-state index >= 15 is 0 Å². The minimum atomic E-state index is -0.346. The highest BCUT2D eigenvalue weighted by molar-refractivity contribution is 6.03. The first kappa shape index (κ1) is 10.4. The molecule has 1 heterocycles. The highest BCUT2D eigenvalue weighted by Crippen LogP contribution is 1.93. The Morgan fingerprint density at radius 1 is 1.75 bits per heavy atom. The van der Waals surface area contributed by atoms with Crippen molar-refractivity contribution in [1.82, 2.24) is 5.16 Å². The van der Waals surface area contributed by atoms with E-state index < -0.39 is 0 Å². The van der Waals surface area contributed by atoms with Crippen molar-refractivity contribution in [3.63, 3.8) is 0 Å². The lowest BCUT2D eigenvalue weighted by Crippen LogP contribution is -1.94. The zero-order chi connectivity index (χ0) is 9.56. The Kier molecular flexibility index (Phi) is 4.45. The van der Waals surface area contributed by atoms with E-state index in [-0.39, 0.29) is 17.0 Å². The molecular weight excluding hydrogens is 156 g/mol. The Labute approximate surface area is 70.4 Å². The topological polar surface area (TPSA) is 69.8 Å². The quantitative estimate of drug-likeness (QED) is 0.657. The van der Waals surface area contributed by atoms with Gasteiger partial charge in [-0.1, -0.05) is 20.4 Å². The van der Waals surface area contributed by atoms with Crippen LogP contribution in [0.1, 0.15) is 19.6 Å².